The Morgan fingerprint density at radius 2 is 2.00 bits per heavy atom. The SMILES string of the molecule is O=C1OC2(CCCCC2)/C1=C/C1(Cl)C=CC=CC1. The average molecular weight is 265 g/mol. The lowest BCUT2D eigenvalue weighted by Crippen LogP contribution is -2.52. The van der Waals surface area contributed by atoms with Crippen molar-refractivity contribution in [2.75, 3.05) is 0 Å². The zero-order valence-electron chi connectivity index (χ0n) is 10.3. The molecule has 0 aromatic rings. The van der Waals surface area contributed by atoms with Crippen LogP contribution in [-0.4, -0.2) is 16.4 Å². The van der Waals surface area contributed by atoms with E-state index in [-0.39, 0.29) is 11.6 Å². The topological polar surface area (TPSA) is 26.3 Å². The minimum atomic E-state index is -0.548. The number of rotatable bonds is 1. The number of carbonyl (C=O) groups is 1. The van der Waals surface area contributed by atoms with Gasteiger partial charge in [-0.25, -0.2) is 4.79 Å². The van der Waals surface area contributed by atoms with E-state index >= 15 is 0 Å². The zero-order chi connectivity index (χ0) is 12.6. The summed E-state index contributed by atoms with van der Waals surface area (Å²) in [6, 6.07) is 0. The number of halogens is 1. The maximum absolute atomic E-state index is 11.7. The number of alkyl halides is 1. The van der Waals surface area contributed by atoms with Crippen molar-refractivity contribution in [3.8, 4) is 0 Å². The summed E-state index contributed by atoms with van der Waals surface area (Å²) in [5.74, 6) is -0.181. The molecule has 1 atom stereocenters. The summed E-state index contributed by atoms with van der Waals surface area (Å²) in [4.78, 5) is 11.2. The number of hydrogen-bond acceptors (Lipinski definition) is 2. The molecule has 0 bridgehead atoms. The molecule has 0 N–H and O–H groups in total. The van der Waals surface area contributed by atoms with E-state index in [1.165, 1.54) is 6.42 Å². The first-order valence-corrected chi connectivity index (χ1v) is 7.01. The Labute approximate surface area is 112 Å². The summed E-state index contributed by atoms with van der Waals surface area (Å²) >= 11 is 6.53. The van der Waals surface area contributed by atoms with Gasteiger partial charge < -0.3 is 4.74 Å². The lowest BCUT2D eigenvalue weighted by Gasteiger charge is -2.46. The largest absolute Gasteiger partial charge is 0.450 e. The molecule has 0 amide bonds. The van der Waals surface area contributed by atoms with Gasteiger partial charge in [0.25, 0.3) is 0 Å². The molecule has 2 nitrogen and oxygen atoms in total. The van der Waals surface area contributed by atoms with Crippen LogP contribution in [0.3, 0.4) is 0 Å². The fourth-order valence-electron chi connectivity index (χ4n) is 3.07. The molecule has 3 heteroatoms. The van der Waals surface area contributed by atoms with E-state index in [4.69, 9.17) is 16.3 Å². The van der Waals surface area contributed by atoms with Gasteiger partial charge in [0, 0.05) is 0 Å². The molecule has 3 aliphatic rings. The molecule has 96 valence electrons. The highest BCUT2D eigenvalue weighted by atomic mass is 35.5. The van der Waals surface area contributed by atoms with Gasteiger partial charge in [-0.15, -0.1) is 11.6 Å². The second-order valence-corrected chi connectivity index (χ2v) is 6.12. The van der Waals surface area contributed by atoms with Crippen molar-refractivity contribution in [1.29, 1.82) is 0 Å². The molecule has 0 aromatic heterocycles. The van der Waals surface area contributed by atoms with E-state index in [0.29, 0.717) is 0 Å². The molecule has 18 heavy (non-hydrogen) atoms. The summed E-state index contributed by atoms with van der Waals surface area (Å²) < 4.78 is 5.46. The Morgan fingerprint density at radius 3 is 2.61 bits per heavy atom. The number of allylic oxidation sites excluding steroid dienone is 5. The number of ether oxygens (including phenoxy) is 1. The second-order valence-electron chi connectivity index (χ2n) is 5.42. The van der Waals surface area contributed by atoms with Crippen LogP contribution in [0.1, 0.15) is 38.5 Å². The predicted molar refractivity (Wildman–Crippen MR) is 71.5 cm³/mol. The third kappa shape index (κ3) is 1.93. The Hall–Kier alpha value is -1.02. The molecule has 1 spiro atoms. The van der Waals surface area contributed by atoms with Gasteiger partial charge in [0.2, 0.25) is 0 Å². The summed E-state index contributed by atoms with van der Waals surface area (Å²) in [5, 5.41) is 0. The maximum atomic E-state index is 11.7. The molecular formula is C15H17ClO2. The third-order valence-corrected chi connectivity index (χ3v) is 4.48. The van der Waals surface area contributed by atoms with Crippen molar-refractivity contribution in [2.24, 2.45) is 0 Å². The van der Waals surface area contributed by atoms with Gasteiger partial charge in [-0.2, -0.15) is 0 Å². The van der Waals surface area contributed by atoms with Gasteiger partial charge >= 0.3 is 5.97 Å². The van der Waals surface area contributed by atoms with Crippen molar-refractivity contribution in [2.45, 2.75) is 49.0 Å². The van der Waals surface area contributed by atoms with Gasteiger partial charge in [-0.05, 0) is 38.2 Å². The van der Waals surface area contributed by atoms with Crippen molar-refractivity contribution in [3.63, 3.8) is 0 Å². The van der Waals surface area contributed by atoms with E-state index in [2.05, 4.69) is 0 Å². The van der Waals surface area contributed by atoms with Crippen molar-refractivity contribution >= 4 is 17.6 Å². The predicted octanol–water partition coefficient (Wildman–Crippen LogP) is 3.67. The molecule has 2 aliphatic carbocycles. The quantitative estimate of drug-likeness (QED) is 0.410. The molecule has 1 aliphatic heterocycles. The fraction of sp³-hybridized carbons (Fsp3) is 0.533. The first kappa shape index (κ1) is 12.0. The van der Waals surface area contributed by atoms with Crippen LogP contribution in [-0.2, 0) is 9.53 Å². The zero-order valence-corrected chi connectivity index (χ0v) is 11.1. The van der Waals surface area contributed by atoms with Crippen molar-refractivity contribution in [1.82, 2.24) is 0 Å². The van der Waals surface area contributed by atoms with E-state index in [0.717, 1.165) is 37.7 Å². The Bertz CT molecular complexity index is 455. The molecule has 0 radical (unpaired) electrons. The van der Waals surface area contributed by atoms with Crippen LogP contribution in [0.4, 0.5) is 0 Å². The van der Waals surface area contributed by atoms with Crippen molar-refractivity contribution in [3.05, 3.63) is 36.0 Å². The molecule has 1 saturated carbocycles. The Morgan fingerprint density at radius 1 is 1.22 bits per heavy atom. The van der Waals surface area contributed by atoms with E-state index < -0.39 is 4.87 Å². The highest BCUT2D eigenvalue weighted by Crippen LogP contribution is 2.47. The minimum absolute atomic E-state index is 0.181. The lowest BCUT2D eigenvalue weighted by atomic mass is 9.74. The number of carbonyl (C=O) groups excluding carboxylic acids is 1. The summed E-state index contributed by atoms with van der Waals surface area (Å²) in [6.45, 7) is 0. The number of hydrogen-bond donors (Lipinski definition) is 0. The van der Waals surface area contributed by atoms with Crippen LogP contribution in [0.25, 0.3) is 0 Å². The van der Waals surface area contributed by atoms with Crippen LogP contribution < -0.4 is 0 Å². The first-order valence-electron chi connectivity index (χ1n) is 6.64. The summed E-state index contributed by atoms with van der Waals surface area (Å²) in [7, 11) is 0. The third-order valence-electron chi connectivity index (χ3n) is 4.10. The number of esters is 1. The van der Waals surface area contributed by atoms with Gasteiger partial charge in [0.05, 0.1) is 10.4 Å². The van der Waals surface area contributed by atoms with Gasteiger partial charge in [0.1, 0.15) is 5.60 Å². The van der Waals surface area contributed by atoms with Crippen LogP contribution in [0.2, 0.25) is 0 Å². The molecule has 1 unspecified atom stereocenters. The molecule has 1 heterocycles. The van der Waals surface area contributed by atoms with Gasteiger partial charge in [-0.1, -0.05) is 30.7 Å². The second kappa shape index (κ2) is 4.27. The highest BCUT2D eigenvalue weighted by Gasteiger charge is 2.52. The van der Waals surface area contributed by atoms with E-state index in [9.17, 15) is 4.79 Å². The molecule has 2 fully saturated rings. The standard InChI is InChI=1S/C15H17ClO2/c16-14(7-3-1-4-8-14)11-12-13(17)18-15(12)9-5-2-6-10-15/h1,3-4,7,11H,2,5-6,8-10H2/b12-11+. The monoisotopic (exact) mass is 264 g/mol. The van der Waals surface area contributed by atoms with Crippen LogP contribution in [0, 0.1) is 0 Å². The van der Waals surface area contributed by atoms with Crippen LogP contribution >= 0.6 is 11.6 Å². The Balaban J connectivity index is 1.87. The van der Waals surface area contributed by atoms with Crippen molar-refractivity contribution < 1.29 is 9.53 Å². The van der Waals surface area contributed by atoms with Crippen LogP contribution in [0.15, 0.2) is 36.0 Å². The van der Waals surface area contributed by atoms with E-state index in [1.54, 1.807) is 0 Å². The van der Waals surface area contributed by atoms with E-state index in [1.807, 2.05) is 30.4 Å². The normalized spacial score (nSPS) is 35.6. The van der Waals surface area contributed by atoms with Gasteiger partial charge in [-0.3, -0.25) is 0 Å². The summed E-state index contributed by atoms with van der Waals surface area (Å²) in [5.41, 5.74) is 0.490. The minimum Gasteiger partial charge on any atom is -0.450 e. The lowest BCUT2D eigenvalue weighted by molar-refractivity contribution is -0.176. The highest BCUT2D eigenvalue weighted by molar-refractivity contribution is 6.27. The summed E-state index contributed by atoms with van der Waals surface area (Å²) in [6.07, 6.45) is 16.0. The first-order chi connectivity index (χ1) is 8.64. The fourth-order valence-corrected chi connectivity index (χ4v) is 3.34. The molecular weight excluding hydrogens is 248 g/mol. The average Bonchev–Trinajstić information content (AvgIpc) is 2.39. The molecule has 3 rings (SSSR count). The van der Waals surface area contributed by atoms with Gasteiger partial charge in [0.15, 0.2) is 0 Å². The smallest absolute Gasteiger partial charge is 0.338 e. The maximum Gasteiger partial charge on any atom is 0.338 e. The molecule has 0 aromatic carbocycles. The van der Waals surface area contributed by atoms with Crippen LogP contribution in [0.5, 0.6) is 0 Å². The Kier molecular flexibility index (Phi) is 2.86. The molecule has 1 saturated heterocycles.